The standard InChI is InChI=1S/C29H28N4O2/c34-29(32-35)14-13-21-9-11-22(12-10-21)18-33(19-23-17-30-20-31-23)16-15-28-26-7-3-1-5-24(26)25-6-2-4-8-27(25)28/h1-14,17,20,28,35H,15-16,18-19H2,(H,30,31)(H,32,34). The number of hydrogen-bond acceptors (Lipinski definition) is 4. The molecule has 5 rings (SSSR count). The first-order valence-electron chi connectivity index (χ1n) is 11.8. The van der Waals surface area contributed by atoms with Crippen LogP contribution < -0.4 is 5.48 Å². The van der Waals surface area contributed by atoms with Crippen molar-refractivity contribution in [3.63, 3.8) is 0 Å². The number of hydroxylamine groups is 1. The normalized spacial score (nSPS) is 12.7. The van der Waals surface area contributed by atoms with Gasteiger partial charge in [0.1, 0.15) is 0 Å². The number of benzene rings is 3. The number of aromatic amines is 1. The molecule has 35 heavy (non-hydrogen) atoms. The third-order valence-electron chi connectivity index (χ3n) is 6.57. The predicted octanol–water partition coefficient (Wildman–Crippen LogP) is 5.13. The van der Waals surface area contributed by atoms with Crippen LogP contribution in [-0.2, 0) is 17.9 Å². The van der Waals surface area contributed by atoms with E-state index in [2.05, 4.69) is 75.5 Å². The van der Waals surface area contributed by atoms with Crippen molar-refractivity contribution in [2.24, 2.45) is 0 Å². The van der Waals surface area contributed by atoms with E-state index >= 15 is 0 Å². The fourth-order valence-corrected chi connectivity index (χ4v) is 4.91. The fourth-order valence-electron chi connectivity index (χ4n) is 4.91. The molecule has 6 heteroatoms. The molecule has 1 aromatic heterocycles. The topological polar surface area (TPSA) is 81.2 Å². The monoisotopic (exact) mass is 464 g/mol. The lowest BCUT2D eigenvalue weighted by Crippen LogP contribution is -2.25. The Balaban J connectivity index is 1.32. The summed E-state index contributed by atoms with van der Waals surface area (Å²) < 4.78 is 0. The van der Waals surface area contributed by atoms with Crippen molar-refractivity contribution in [2.75, 3.05) is 6.54 Å². The number of hydrogen-bond donors (Lipinski definition) is 3. The van der Waals surface area contributed by atoms with Crippen molar-refractivity contribution >= 4 is 12.0 Å². The highest BCUT2D eigenvalue weighted by atomic mass is 16.5. The number of H-pyrrole nitrogens is 1. The number of nitrogens with zero attached hydrogens (tertiary/aromatic N) is 2. The Morgan fingerprint density at radius 2 is 1.66 bits per heavy atom. The van der Waals surface area contributed by atoms with Gasteiger partial charge in [0.2, 0.25) is 0 Å². The van der Waals surface area contributed by atoms with Crippen molar-refractivity contribution < 1.29 is 10.0 Å². The highest BCUT2D eigenvalue weighted by molar-refractivity contribution is 5.90. The van der Waals surface area contributed by atoms with Crippen LogP contribution in [0.4, 0.5) is 0 Å². The van der Waals surface area contributed by atoms with E-state index in [1.54, 1.807) is 17.9 Å². The Morgan fingerprint density at radius 1 is 0.971 bits per heavy atom. The van der Waals surface area contributed by atoms with Gasteiger partial charge in [-0.2, -0.15) is 0 Å². The smallest absolute Gasteiger partial charge is 0.267 e. The number of fused-ring (bicyclic) bond motifs is 3. The molecule has 1 amide bonds. The van der Waals surface area contributed by atoms with Gasteiger partial charge in [-0.3, -0.25) is 14.9 Å². The van der Waals surface area contributed by atoms with Crippen LogP contribution in [0.15, 0.2) is 91.4 Å². The zero-order chi connectivity index (χ0) is 24.0. The highest BCUT2D eigenvalue weighted by Crippen LogP contribution is 2.46. The molecular weight excluding hydrogens is 436 g/mol. The molecule has 0 aliphatic heterocycles. The summed E-state index contributed by atoms with van der Waals surface area (Å²) in [6, 6.07) is 25.6. The van der Waals surface area contributed by atoms with Gasteiger partial charge >= 0.3 is 0 Å². The van der Waals surface area contributed by atoms with Crippen LogP contribution in [0, 0.1) is 0 Å². The first-order chi connectivity index (χ1) is 17.2. The number of imidazole rings is 1. The molecule has 0 fully saturated rings. The van der Waals surface area contributed by atoms with E-state index in [1.165, 1.54) is 33.9 Å². The summed E-state index contributed by atoms with van der Waals surface area (Å²) in [7, 11) is 0. The Labute approximate surface area is 204 Å². The second kappa shape index (κ2) is 10.5. The summed E-state index contributed by atoms with van der Waals surface area (Å²) in [5.74, 6) is -0.160. The molecule has 1 aliphatic carbocycles. The molecule has 0 bridgehead atoms. The molecule has 0 unspecified atom stereocenters. The Kier molecular flexibility index (Phi) is 6.84. The third-order valence-corrected chi connectivity index (χ3v) is 6.57. The summed E-state index contributed by atoms with van der Waals surface area (Å²) in [6.45, 7) is 2.52. The van der Waals surface area contributed by atoms with Gasteiger partial charge in [-0.05, 0) is 52.4 Å². The average molecular weight is 465 g/mol. The number of carbonyl (C=O) groups is 1. The molecule has 0 radical (unpaired) electrons. The lowest BCUT2D eigenvalue weighted by molar-refractivity contribution is -0.124. The summed E-state index contributed by atoms with van der Waals surface area (Å²) in [5, 5.41) is 8.64. The molecular formula is C29H28N4O2. The molecule has 176 valence electrons. The minimum Gasteiger partial charge on any atom is -0.347 e. The van der Waals surface area contributed by atoms with Gasteiger partial charge in [-0.25, -0.2) is 10.5 Å². The number of aromatic nitrogens is 2. The SMILES string of the molecule is O=C(C=Cc1ccc(CN(CCC2c3ccccc3-c3ccccc32)Cc2cnc[nH]2)cc1)NO. The van der Waals surface area contributed by atoms with Gasteiger partial charge in [0.25, 0.3) is 5.91 Å². The maximum atomic E-state index is 11.2. The maximum Gasteiger partial charge on any atom is 0.267 e. The van der Waals surface area contributed by atoms with Gasteiger partial charge in [-0.15, -0.1) is 0 Å². The number of carbonyl (C=O) groups excluding carboxylic acids is 1. The zero-order valence-electron chi connectivity index (χ0n) is 19.4. The van der Waals surface area contributed by atoms with E-state index in [-0.39, 0.29) is 0 Å². The first-order valence-corrected chi connectivity index (χ1v) is 11.8. The van der Waals surface area contributed by atoms with Crippen molar-refractivity contribution in [2.45, 2.75) is 25.4 Å². The minimum absolute atomic E-state index is 0.386. The largest absolute Gasteiger partial charge is 0.347 e. The van der Waals surface area contributed by atoms with E-state index in [9.17, 15) is 4.79 Å². The van der Waals surface area contributed by atoms with E-state index in [0.29, 0.717) is 5.92 Å². The minimum atomic E-state index is -0.546. The van der Waals surface area contributed by atoms with E-state index in [1.807, 2.05) is 18.3 Å². The van der Waals surface area contributed by atoms with E-state index < -0.39 is 5.91 Å². The second-order valence-electron chi connectivity index (χ2n) is 8.85. The lowest BCUT2D eigenvalue weighted by Gasteiger charge is -2.24. The fraction of sp³-hybridized carbons (Fsp3) is 0.172. The molecule has 1 aliphatic rings. The van der Waals surface area contributed by atoms with Gasteiger partial charge in [0.05, 0.1) is 6.33 Å². The van der Waals surface area contributed by atoms with Crippen LogP contribution in [0.5, 0.6) is 0 Å². The van der Waals surface area contributed by atoms with Crippen LogP contribution in [0.3, 0.4) is 0 Å². The summed E-state index contributed by atoms with van der Waals surface area (Å²) in [4.78, 5) is 21.1. The van der Waals surface area contributed by atoms with Crippen LogP contribution in [0.25, 0.3) is 17.2 Å². The van der Waals surface area contributed by atoms with Gasteiger partial charge < -0.3 is 4.98 Å². The van der Waals surface area contributed by atoms with Crippen molar-refractivity contribution in [3.05, 3.63) is 119 Å². The van der Waals surface area contributed by atoms with Crippen LogP contribution in [0.2, 0.25) is 0 Å². The molecule has 0 saturated heterocycles. The zero-order valence-corrected chi connectivity index (χ0v) is 19.4. The van der Waals surface area contributed by atoms with E-state index in [0.717, 1.165) is 37.3 Å². The number of nitrogens with one attached hydrogen (secondary N) is 2. The number of rotatable bonds is 9. The Hall–Kier alpha value is -4.00. The van der Waals surface area contributed by atoms with Crippen LogP contribution >= 0.6 is 0 Å². The molecule has 1 heterocycles. The lowest BCUT2D eigenvalue weighted by atomic mass is 9.93. The van der Waals surface area contributed by atoms with Gasteiger partial charge in [0.15, 0.2) is 0 Å². The maximum absolute atomic E-state index is 11.2. The highest BCUT2D eigenvalue weighted by Gasteiger charge is 2.28. The average Bonchev–Trinajstić information content (AvgIpc) is 3.52. The molecule has 3 aromatic carbocycles. The Morgan fingerprint density at radius 3 is 2.29 bits per heavy atom. The molecule has 6 nitrogen and oxygen atoms in total. The molecule has 0 atom stereocenters. The van der Waals surface area contributed by atoms with Crippen molar-refractivity contribution in [1.82, 2.24) is 20.3 Å². The van der Waals surface area contributed by atoms with Crippen molar-refractivity contribution in [1.29, 1.82) is 0 Å². The van der Waals surface area contributed by atoms with Crippen molar-refractivity contribution in [3.8, 4) is 11.1 Å². The summed E-state index contributed by atoms with van der Waals surface area (Å²) in [5.41, 5.74) is 10.3. The quantitative estimate of drug-likeness (QED) is 0.182. The molecule has 0 saturated carbocycles. The summed E-state index contributed by atoms with van der Waals surface area (Å²) in [6.07, 6.45) is 7.61. The predicted molar refractivity (Wildman–Crippen MR) is 136 cm³/mol. The van der Waals surface area contributed by atoms with Gasteiger partial charge in [0, 0.05) is 37.0 Å². The third kappa shape index (κ3) is 5.24. The molecule has 3 N–H and O–H groups in total. The number of amides is 1. The summed E-state index contributed by atoms with van der Waals surface area (Å²) >= 11 is 0. The molecule has 4 aromatic rings. The van der Waals surface area contributed by atoms with E-state index in [4.69, 9.17) is 5.21 Å². The second-order valence-corrected chi connectivity index (χ2v) is 8.85. The van der Waals surface area contributed by atoms with Gasteiger partial charge in [-0.1, -0.05) is 72.8 Å². The first kappa shape index (κ1) is 22.8. The molecule has 0 spiro atoms. The van der Waals surface area contributed by atoms with Crippen LogP contribution in [-0.4, -0.2) is 32.5 Å². The van der Waals surface area contributed by atoms with Crippen LogP contribution in [0.1, 0.15) is 40.3 Å². The Bertz CT molecular complexity index is 1270.